The second-order valence-electron chi connectivity index (χ2n) is 7.44. The smallest absolute Gasteiger partial charge is 0.305 e. The van der Waals surface area contributed by atoms with Gasteiger partial charge in [0.2, 0.25) is 0 Å². The van der Waals surface area contributed by atoms with Crippen molar-refractivity contribution < 1.29 is 19.0 Å². The average molecular weight is 387 g/mol. The first kappa shape index (κ1) is 26.4. The molecule has 0 aromatic heterocycles. The molecule has 0 spiro atoms. The molecule has 0 amide bonds. The number of esters is 1. The third-order valence-electron chi connectivity index (χ3n) is 4.74. The lowest BCUT2D eigenvalue weighted by molar-refractivity contribution is -0.145. The van der Waals surface area contributed by atoms with Gasteiger partial charge in [-0.05, 0) is 12.8 Å². The fourth-order valence-electron chi connectivity index (χ4n) is 3.00. The molecule has 0 radical (unpaired) electrons. The van der Waals surface area contributed by atoms with E-state index >= 15 is 0 Å². The van der Waals surface area contributed by atoms with Gasteiger partial charge in [-0.25, -0.2) is 0 Å². The van der Waals surface area contributed by atoms with Crippen molar-refractivity contribution in [2.45, 2.75) is 110 Å². The first-order valence-electron chi connectivity index (χ1n) is 11.6. The van der Waals surface area contributed by atoms with E-state index < -0.39 is 0 Å². The Bertz CT molecular complexity index is 294. The zero-order chi connectivity index (χ0) is 19.8. The standard InChI is InChI=1S/C23H46O4/c1-3-5-7-8-9-10-11-12-13-14-16-18-25-19-20-26-21-22-27-23(24)17-15-6-4-2/h3-22H2,1-2H3. The van der Waals surface area contributed by atoms with Gasteiger partial charge in [0.25, 0.3) is 0 Å². The maximum atomic E-state index is 11.4. The van der Waals surface area contributed by atoms with Gasteiger partial charge in [-0.15, -0.1) is 0 Å². The van der Waals surface area contributed by atoms with E-state index in [4.69, 9.17) is 14.2 Å². The fourth-order valence-corrected chi connectivity index (χ4v) is 3.00. The number of hydrogen-bond acceptors (Lipinski definition) is 4. The normalized spacial score (nSPS) is 11.0. The number of hydrogen-bond donors (Lipinski definition) is 0. The number of unbranched alkanes of at least 4 members (excludes halogenated alkanes) is 12. The molecule has 0 heterocycles. The Balaban J connectivity index is 3.06. The van der Waals surface area contributed by atoms with Crippen LogP contribution in [0.15, 0.2) is 0 Å². The van der Waals surface area contributed by atoms with E-state index in [0.29, 0.717) is 32.8 Å². The van der Waals surface area contributed by atoms with Gasteiger partial charge in [0.1, 0.15) is 6.61 Å². The Morgan fingerprint density at radius 2 is 0.963 bits per heavy atom. The van der Waals surface area contributed by atoms with Crippen LogP contribution in [0, 0.1) is 0 Å². The fraction of sp³-hybridized carbons (Fsp3) is 0.957. The molecule has 0 aliphatic carbocycles. The highest BCUT2D eigenvalue weighted by Gasteiger charge is 2.01. The topological polar surface area (TPSA) is 44.8 Å². The van der Waals surface area contributed by atoms with Crippen molar-refractivity contribution >= 4 is 5.97 Å². The molecule has 4 heteroatoms. The second kappa shape index (κ2) is 23.4. The summed E-state index contributed by atoms with van der Waals surface area (Å²) in [5.41, 5.74) is 0. The summed E-state index contributed by atoms with van der Waals surface area (Å²) in [4.78, 5) is 11.4. The van der Waals surface area contributed by atoms with Crippen LogP contribution < -0.4 is 0 Å². The van der Waals surface area contributed by atoms with E-state index in [2.05, 4.69) is 13.8 Å². The van der Waals surface area contributed by atoms with E-state index in [-0.39, 0.29) is 5.97 Å². The van der Waals surface area contributed by atoms with Crippen LogP contribution in [0.4, 0.5) is 0 Å². The molecular weight excluding hydrogens is 340 g/mol. The number of rotatable bonds is 22. The second-order valence-corrected chi connectivity index (χ2v) is 7.44. The minimum atomic E-state index is -0.111. The van der Waals surface area contributed by atoms with E-state index in [9.17, 15) is 4.79 Å². The average Bonchev–Trinajstić information content (AvgIpc) is 2.67. The van der Waals surface area contributed by atoms with Crippen LogP contribution >= 0.6 is 0 Å². The van der Waals surface area contributed by atoms with Crippen LogP contribution in [0.3, 0.4) is 0 Å². The van der Waals surface area contributed by atoms with E-state index in [1.807, 2.05) is 0 Å². The van der Waals surface area contributed by atoms with E-state index in [1.165, 1.54) is 64.2 Å². The Morgan fingerprint density at radius 3 is 1.56 bits per heavy atom. The van der Waals surface area contributed by atoms with Gasteiger partial charge in [-0.2, -0.15) is 0 Å². The highest BCUT2D eigenvalue weighted by Crippen LogP contribution is 2.11. The number of carbonyl (C=O) groups is 1. The quantitative estimate of drug-likeness (QED) is 0.158. The maximum Gasteiger partial charge on any atom is 0.305 e. The molecule has 0 aliphatic rings. The zero-order valence-electron chi connectivity index (χ0n) is 18.3. The summed E-state index contributed by atoms with van der Waals surface area (Å²) in [6.45, 7) is 7.23. The molecule has 0 N–H and O–H groups in total. The molecule has 0 aromatic carbocycles. The lowest BCUT2D eigenvalue weighted by Gasteiger charge is -2.07. The van der Waals surface area contributed by atoms with Crippen LogP contribution in [-0.2, 0) is 19.0 Å². The van der Waals surface area contributed by atoms with Crippen LogP contribution in [0.5, 0.6) is 0 Å². The summed E-state index contributed by atoms with van der Waals surface area (Å²) in [5.74, 6) is -0.111. The summed E-state index contributed by atoms with van der Waals surface area (Å²) in [7, 11) is 0. The molecule has 0 aromatic rings. The molecule has 0 saturated carbocycles. The first-order chi connectivity index (χ1) is 13.3. The molecule has 0 rings (SSSR count). The van der Waals surface area contributed by atoms with E-state index in [1.54, 1.807) is 0 Å². The maximum absolute atomic E-state index is 11.4. The van der Waals surface area contributed by atoms with Crippen molar-refractivity contribution in [2.75, 3.05) is 33.0 Å². The van der Waals surface area contributed by atoms with Crippen molar-refractivity contribution in [1.29, 1.82) is 0 Å². The van der Waals surface area contributed by atoms with Crippen molar-refractivity contribution in [2.24, 2.45) is 0 Å². The predicted molar refractivity (Wildman–Crippen MR) is 113 cm³/mol. The van der Waals surface area contributed by atoms with Gasteiger partial charge >= 0.3 is 5.97 Å². The molecule has 162 valence electrons. The highest BCUT2D eigenvalue weighted by atomic mass is 16.6. The molecule has 0 saturated heterocycles. The summed E-state index contributed by atoms with van der Waals surface area (Å²) in [6.07, 6.45) is 18.6. The zero-order valence-corrected chi connectivity index (χ0v) is 18.3. The summed E-state index contributed by atoms with van der Waals surface area (Å²) in [6, 6.07) is 0. The monoisotopic (exact) mass is 386 g/mol. The largest absolute Gasteiger partial charge is 0.463 e. The SMILES string of the molecule is CCCCCCCCCCCCCOCCOCCOC(=O)CCCCC. The molecule has 0 bridgehead atoms. The third kappa shape index (κ3) is 23.4. The lowest BCUT2D eigenvalue weighted by Crippen LogP contribution is -2.13. The minimum Gasteiger partial charge on any atom is -0.463 e. The number of ether oxygens (including phenoxy) is 3. The predicted octanol–water partition coefficient (Wildman–Crippen LogP) is 6.45. The third-order valence-corrected chi connectivity index (χ3v) is 4.74. The van der Waals surface area contributed by atoms with Crippen LogP contribution in [0.25, 0.3) is 0 Å². The van der Waals surface area contributed by atoms with Gasteiger partial charge in [0.15, 0.2) is 0 Å². The van der Waals surface area contributed by atoms with Gasteiger partial charge in [0, 0.05) is 13.0 Å². The Morgan fingerprint density at radius 1 is 0.519 bits per heavy atom. The molecular formula is C23H46O4. The van der Waals surface area contributed by atoms with Crippen molar-refractivity contribution in [3.05, 3.63) is 0 Å². The summed E-state index contributed by atoms with van der Waals surface area (Å²) >= 11 is 0. The molecule has 0 aliphatic heterocycles. The first-order valence-corrected chi connectivity index (χ1v) is 11.6. The van der Waals surface area contributed by atoms with E-state index in [0.717, 1.165) is 32.3 Å². The molecule has 0 unspecified atom stereocenters. The van der Waals surface area contributed by atoms with Crippen LogP contribution in [-0.4, -0.2) is 39.0 Å². The van der Waals surface area contributed by atoms with Gasteiger partial charge in [0.05, 0.1) is 19.8 Å². The van der Waals surface area contributed by atoms with Crippen molar-refractivity contribution in [3.63, 3.8) is 0 Å². The number of carbonyl (C=O) groups excluding carboxylic acids is 1. The Hall–Kier alpha value is -0.610. The molecule has 0 atom stereocenters. The molecule has 0 fully saturated rings. The highest BCUT2D eigenvalue weighted by molar-refractivity contribution is 5.69. The van der Waals surface area contributed by atoms with Gasteiger partial charge in [-0.3, -0.25) is 4.79 Å². The lowest BCUT2D eigenvalue weighted by atomic mass is 10.1. The Kier molecular flexibility index (Phi) is 22.9. The summed E-state index contributed by atoms with van der Waals surface area (Å²) < 4.78 is 16.1. The van der Waals surface area contributed by atoms with Gasteiger partial charge in [-0.1, -0.05) is 90.9 Å². The Labute approximate surface area is 168 Å². The molecule has 4 nitrogen and oxygen atoms in total. The van der Waals surface area contributed by atoms with Crippen molar-refractivity contribution in [3.8, 4) is 0 Å². The minimum absolute atomic E-state index is 0.111. The summed E-state index contributed by atoms with van der Waals surface area (Å²) in [5, 5.41) is 0. The van der Waals surface area contributed by atoms with Crippen LogP contribution in [0.1, 0.15) is 110 Å². The van der Waals surface area contributed by atoms with Crippen molar-refractivity contribution in [1.82, 2.24) is 0 Å². The molecule has 27 heavy (non-hydrogen) atoms. The van der Waals surface area contributed by atoms with Crippen LogP contribution in [0.2, 0.25) is 0 Å². The van der Waals surface area contributed by atoms with Gasteiger partial charge < -0.3 is 14.2 Å².